The van der Waals surface area contributed by atoms with Crippen molar-refractivity contribution in [2.75, 3.05) is 5.32 Å². The van der Waals surface area contributed by atoms with Crippen molar-refractivity contribution in [3.63, 3.8) is 0 Å². The maximum Gasteiger partial charge on any atom is 0.333 e. The Morgan fingerprint density at radius 3 is 1.59 bits per heavy atom. The molecule has 0 unspecified atom stereocenters. The maximum atomic E-state index is 12.5. The number of para-hydroxylation sites is 1. The first-order valence-corrected chi connectivity index (χ1v) is 15.7. The van der Waals surface area contributed by atoms with E-state index in [0.29, 0.717) is 16.8 Å². The van der Waals surface area contributed by atoms with Crippen LogP contribution in [-0.4, -0.2) is 33.1 Å². The van der Waals surface area contributed by atoms with E-state index >= 15 is 0 Å². The monoisotopic (exact) mass is 613 g/mol. The predicted molar refractivity (Wildman–Crippen MR) is 153 cm³/mol. The van der Waals surface area contributed by atoms with Crippen molar-refractivity contribution in [2.24, 2.45) is 5.14 Å². The Morgan fingerprint density at radius 2 is 1.24 bits per heavy atom. The Hall–Kier alpha value is -3.17. The highest BCUT2D eigenvalue weighted by Gasteiger charge is 2.27. The standard InChI is InChI=1S/C20H28N2O5S.C7H11NO4S/c1-12(2)15-8-7-9-16(13(3)4)18(15)21-19(23)22-28(25,26)17-10-14(11-27-17)20(5,6)24;1-7(2,9)5-3-6(12-4-5)13(8,10)11/h7-13,24H,1-6H3,(H2,21,22,23);3-4,9H,1-2H3,(H2,8,10,11). The molecule has 0 bridgehead atoms. The van der Waals surface area contributed by atoms with Crippen molar-refractivity contribution < 1.29 is 40.7 Å². The van der Waals surface area contributed by atoms with E-state index in [-0.39, 0.29) is 16.9 Å². The Labute approximate surface area is 241 Å². The summed E-state index contributed by atoms with van der Waals surface area (Å²) in [6, 6.07) is 7.25. The molecule has 0 saturated carbocycles. The third-order valence-corrected chi connectivity index (χ3v) is 7.92. The van der Waals surface area contributed by atoms with Crippen LogP contribution in [-0.2, 0) is 31.2 Å². The smallest absolute Gasteiger partial charge is 0.333 e. The fourth-order valence-corrected chi connectivity index (χ4v) is 4.90. The zero-order chi connectivity index (χ0) is 31.6. The van der Waals surface area contributed by atoms with Gasteiger partial charge in [0.15, 0.2) is 0 Å². The average molecular weight is 614 g/mol. The summed E-state index contributed by atoms with van der Waals surface area (Å²) in [5.74, 6) is 0.287. The lowest BCUT2D eigenvalue weighted by atomic mass is 9.93. The van der Waals surface area contributed by atoms with Crippen molar-refractivity contribution in [1.82, 2.24) is 4.72 Å². The molecule has 2 aromatic heterocycles. The van der Waals surface area contributed by atoms with Crippen LogP contribution in [0.5, 0.6) is 0 Å². The lowest BCUT2D eigenvalue weighted by Gasteiger charge is -2.20. The first kappa shape index (κ1) is 34.0. The second kappa shape index (κ2) is 12.4. The van der Waals surface area contributed by atoms with Crippen LogP contribution in [0.4, 0.5) is 10.5 Å². The van der Waals surface area contributed by atoms with Gasteiger partial charge in [0.1, 0.15) is 0 Å². The van der Waals surface area contributed by atoms with Crippen LogP contribution in [0.3, 0.4) is 0 Å². The molecule has 0 spiro atoms. The first-order chi connectivity index (χ1) is 18.5. The van der Waals surface area contributed by atoms with E-state index in [1.165, 1.54) is 46.1 Å². The average Bonchev–Trinajstić information content (AvgIpc) is 3.49. The number of amides is 2. The van der Waals surface area contributed by atoms with Gasteiger partial charge in [0.2, 0.25) is 10.2 Å². The number of hydrogen-bond donors (Lipinski definition) is 5. The van der Waals surface area contributed by atoms with Crippen LogP contribution in [0, 0.1) is 0 Å². The van der Waals surface area contributed by atoms with E-state index in [9.17, 15) is 31.8 Å². The minimum absolute atomic E-state index is 0.144. The van der Waals surface area contributed by atoms with E-state index in [2.05, 4.69) is 9.73 Å². The number of primary sulfonamides is 1. The lowest BCUT2D eigenvalue weighted by molar-refractivity contribution is 0.0773. The number of carbonyl (C=O) groups excluding carboxylic acids is 1. The number of sulfonamides is 2. The molecule has 6 N–H and O–H groups in total. The summed E-state index contributed by atoms with van der Waals surface area (Å²) >= 11 is 0. The van der Waals surface area contributed by atoms with Gasteiger partial charge in [0, 0.05) is 28.9 Å². The van der Waals surface area contributed by atoms with Gasteiger partial charge in [-0.3, -0.25) is 0 Å². The summed E-state index contributed by atoms with van der Waals surface area (Å²) in [6.45, 7) is 14.0. The van der Waals surface area contributed by atoms with E-state index in [4.69, 9.17) is 9.56 Å². The molecule has 14 heteroatoms. The number of hydrogen-bond acceptors (Lipinski definition) is 9. The van der Waals surface area contributed by atoms with Gasteiger partial charge in [-0.05, 0) is 50.7 Å². The van der Waals surface area contributed by atoms with Crippen LogP contribution in [0.1, 0.15) is 89.5 Å². The van der Waals surface area contributed by atoms with Gasteiger partial charge < -0.3 is 24.4 Å². The quantitative estimate of drug-likeness (QED) is 0.244. The van der Waals surface area contributed by atoms with Gasteiger partial charge in [0.05, 0.1) is 23.7 Å². The van der Waals surface area contributed by atoms with Crippen molar-refractivity contribution >= 4 is 31.8 Å². The Morgan fingerprint density at radius 1 is 0.829 bits per heavy atom. The summed E-state index contributed by atoms with van der Waals surface area (Å²) in [5.41, 5.74) is 0.713. The largest absolute Gasteiger partial charge is 0.451 e. The molecule has 0 aliphatic rings. The summed E-state index contributed by atoms with van der Waals surface area (Å²) < 4.78 is 58.2. The number of rotatable bonds is 8. The normalized spacial score (nSPS) is 12.7. The molecular formula is C27H39N3O9S2. The molecule has 1 aromatic carbocycles. The molecular weight excluding hydrogens is 574 g/mol. The van der Waals surface area contributed by atoms with E-state index in [1.807, 2.05) is 50.6 Å². The van der Waals surface area contributed by atoms with Gasteiger partial charge in [-0.15, -0.1) is 0 Å². The highest BCUT2D eigenvalue weighted by atomic mass is 32.2. The number of anilines is 1. The number of nitrogens with one attached hydrogen (secondary N) is 2. The summed E-state index contributed by atoms with van der Waals surface area (Å²) in [5, 5.41) is 26.1. The second-order valence-corrected chi connectivity index (χ2v) is 14.3. The predicted octanol–water partition coefficient (Wildman–Crippen LogP) is 4.42. The molecule has 2 amide bonds. The Balaban J connectivity index is 0.000000377. The van der Waals surface area contributed by atoms with Gasteiger partial charge in [-0.2, -0.15) is 8.42 Å². The lowest BCUT2D eigenvalue weighted by Crippen LogP contribution is -2.34. The fourth-order valence-electron chi connectivity index (χ4n) is 3.57. The molecule has 41 heavy (non-hydrogen) atoms. The SMILES string of the molecule is CC(C)(O)c1coc(S(N)(=O)=O)c1.CC(C)c1cccc(C(C)C)c1NC(=O)NS(=O)(=O)c1cc(C(C)(C)O)co1. The molecule has 12 nitrogen and oxygen atoms in total. The van der Waals surface area contributed by atoms with Crippen molar-refractivity contribution in [3.05, 3.63) is 65.1 Å². The summed E-state index contributed by atoms with van der Waals surface area (Å²) in [6.07, 6.45) is 2.32. The Kier molecular flexibility index (Phi) is 10.3. The molecule has 228 valence electrons. The first-order valence-electron chi connectivity index (χ1n) is 12.7. The summed E-state index contributed by atoms with van der Waals surface area (Å²) in [7, 11) is -8.05. The maximum absolute atomic E-state index is 12.5. The van der Waals surface area contributed by atoms with E-state index in [1.54, 1.807) is 0 Å². The number of furan rings is 2. The van der Waals surface area contributed by atoms with Gasteiger partial charge in [-0.1, -0.05) is 45.9 Å². The number of nitrogens with two attached hydrogens (primary N) is 1. The van der Waals surface area contributed by atoms with Crippen LogP contribution >= 0.6 is 0 Å². The van der Waals surface area contributed by atoms with Crippen LogP contribution < -0.4 is 15.2 Å². The van der Waals surface area contributed by atoms with Crippen LogP contribution in [0.15, 0.2) is 61.9 Å². The molecule has 0 aliphatic heterocycles. The van der Waals surface area contributed by atoms with E-state index in [0.717, 1.165) is 17.4 Å². The molecule has 0 atom stereocenters. The minimum Gasteiger partial charge on any atom is -0.451 e. The topological polar surface area (TPSA) is 202 Å². The highest BCUT2D eigenvalue weighted by molar-refractivity contribution is 7.90. The number of benzene rings is 1. The zero-order valence-corrected chi connectivity index (χ0v) is 26.0. The second-order valence-electron chi connectivity index (χ2n) is 11.2. The minimum atomic E-state index is -4.23. The van der Waals surface area contributed by atoms with Crippen molar-refractivity contribution in [3.8, 4) is 0 Å². The summed E-state index contributed by atoms with van der Waals surface area (Å²) in [4.78, 5) is 12.5. The molecule has 0 aliphatic carbocycles. The van der Waals surface area contributed by atoms with Gasteiger partial charge in [-0.25, -0.2) is 23.1 Å². The van der Waals surface area contributed by atoms with E-state index < -0.39 is 42.4 Å². The molecule has 3 rings (SSSR count). The number of urea groups is 1. The zero-order valence-electron chi connectivity index (χ0n) is 24.3. The van der Waals surface area contributed by atoms with Crippen molar-refractivity contribution in [2.45, 2.75) is 88.6 Å². The molecule has 0 saturated heterocycles. The molecule has 0 radical (unpaired) electrons. The van der Waals surface area contributed by atoms with Gasteiger partial charge in [0.25, 0.3) is 20.0 Å². The number of aliphatic hydroxyl groups is 2. The third-order valence-electron chi connectivity index (χ3n) is 5.95. The molecule has 0 fully saturated rings. The van der Waals surface area contributed by atoms with Crippen LogP contribution in [0.2, 0.25) is 0 Å². The molecule has 2 heterocycles. The van der Waals surface area contributed by atoms with Crippen molar-refractivity contribution in [1.29, 1.82) is 0 Å². The molecule has 3 aromatic rings. The van der Waals surface area contributed by atoms with Gasteiger partial charge >= 0.3 is 6.03 Å². The fraction of sp³-hybridized carbons (Fsp3) is 0.444. The van der Waals surface area contributed by atoms with Crippen LogP contribution in [0.25, 0.3) is 0 Å². The highest BCUT2D eigenvalue weighted by Crippen LogP contribution is 2.32. The Bertz CT molecular complexity index is 1550. The third kappa shape index (κ3) is 9.16. The number of carbonyl (C=O) groups is 1.